The number of benzene rings is 5. The largest absolute Gasteiger partial charge is 0.501 e. The Morgan fingerprint density at radius 1 is 0.793 bits per heavy atom. The van der Waals surface area contributed by atoms with Gasteiger partial charge in [-0.3, -0.25) is 34.5 Å². The molecule has 22 heteroatoms. The zero-order chi connectivity index (χ0) is 58.0. The quantitative estimate of drug-likeness (QED) is 0.0668. The number of fused-ring (bicyclic) bond motifs is 2. The Bertz CT molecular complexity index is 3410. The second-order valence-corrected chi connectivity index (χ2v) is 27.9. The number of alkyl halides is 3. The highest BCUT2D eigenvalue weighted by Crippen LogP contribution is 2.43. The molecule has 1 aliphatic carbocycles. The van der Waals surface area contributed by atoms with Crippen molar-refractivity contribution in [3.8, 4) is 0 Å². The maximum Gasteiger partial charge on any atom is 0.501 e. The van der Waals surface area contributed by atoms with E-state index in [0.717, 1.165) is 106 Å². The Hall–Kier alpha value is -5.94. The molecule has 3 atom stereocenters. The summed E-state index contributed by atoms with van der Waals surface area (Å²) in [5.41, 5.74) is 0.586. The number of rotatable bonds is 19. The van der Waals surface area contributed by atoms with Gasteiger partial charge in [0.2, 0.25) is 5.91 Å². The monoisotopic (exact) mass is 1200 g/mol. The summed E-state index contributed by atoms with van der Waals surface area (Å²) in [6.45, 7) is 11.6. The smallest absolute Gasteiger partial charge is 0.380 e. The average Bonchev–Trinajstić information content (AvgIpc) is 3.83. The van der Waals surface area contributed by atoms with Gasteiger partial charge in [0.25, 0.3) is 25.8 Å². The molecule has 436 valence electrons. The summed E-state index contributed by atoms with van der Waals surface area (Å²) in [5, 5.41) is 6.17. The minimum absolute atomic E-state index is 0.0160. The van der Waals surface area contributed by atoms with Crippen LogP contribution in [0.2, 0.25) is 5.02 Å². The molecule has 4 fully saturated rings. The van der Waals surface area contributed by atoms with Crippen LogP contribution >= 0.6 is 23.4 Å². The lowest BCUT2D eigenvalue weighted by Gasteiger charge is -2.41. The van der Waals surface area contributed by atoms with Crippen LogP contribution in [0.15, 0.2) is 142 Å². The number of carbonyl (C=O) groups excluding carboxylic acids is 3. The van der Waals surface area contributed by atoms with Crippen LogP contribution in [-0.4, -0.2) is 138 Å². The fourth-order valence-corrected chi connectivity index (χ4v) is 15.2. The number of amides is 4. The van der Waals surface area contributed by atoms with Crippen LogP contribution in [0, 0.1) is 5.41 Å². The minimum Gasteiger partial charge on any atom is -0.380 e. The predicted octanol–water partition coefficient (Wildman–Crippen LogP) is 10.3. The third kappa shape index (κ3) is 14.0. The van der Waals surface area contributed by atoms with E-state index < -0.39 is 58.8 Å². The molecule has 5 aliphatic rings. The summed E-state index contributed by atoms with van der Waals surface area (Å²) >= 11 is 7.67. The second-order valence-electron chi connectivity index (χ2n) is 22.8. The highest BCUT2D eigenvalue weighted by atomic mass is 35.5. The summed E-state index contributed by atoms with van der Waals surface area (Å²) in [7, 11) is -11.0. The normalized spacial score (nSPS) is 20.7. The Morgan fingerprint density at radius 2 is 1.50 bits per heavy atom. The number of hydrogen-bond acceptors (Lipinski definition) is 13. The van der Waals surface area contributed by atoms with Gasteiger partial charge in [-0.2, -0.15) is 13.2 Å². The molecule has 4 aliphatic heterocycles. The molecule has 5 aromatic rings. The maximum absolute atomic E-state index is 14.6. The van der Waals surface area contributed by atoms with Gasteiger partial charge in [0, 0.05) is 123 Å². The molecule has 5 aromatic carbocycles. The number of piperazine rings is 2. The Kier molecular flexibility index (Phi) is 17.9. The zero-order valence-electron chi connectivity index (χ0n) is 45.8. The van der Waals surface area contributed by atoms with Crippen LogP contribution < -0.4 is 25.2 Å². The number of carbonyl (C=O) groups is 3. The molecule has 0 spiro atoms. The van der Waals surface area contributed by atoms with E-state index >= 15 is 0 Å². The first kappa shape index (κ1) is 59.2. The average molecular weight is 1200 g/mol. The third-order valence-electron chi connectivity index (χ3n) is 16.4. The van der Waals surface area contributed by atoms with Crippen molar-refractivity contribution < 1.29 is 44.4 Å². The molecular formula is C60H68ClF3N8O7S3. The second kappa shape index (κ2) is 24.7. The van der Waals surface area contributed by atoms with Gasteiger partial charge in [-0.25, -0.2) is 26.4 Å². The van der Waals surface area contributed by atoms with E-state index in [9.17, 15) is 44.4 Å². The molecular weight excluding hydrogens is 1130 g/mol. The molecule has 15 nitrogen and oxygen atoms in total. The van der Waals surface area contributed by atoms with E-state index in [2.05, 4.69) is 56.2 Å². The van der Waals surface area contributed by atoms with E-state index in [-0.39, 0.29) is 35.4 Å². The molecule has 82 heavy (non-hydrogen) atoms. The Labute approximate surface area is 487 Å². The van der Waals surface area contributed by atoms with Crippen molar-refractivity contribution in [1.29, 1.82) is 0 Å². The molecule has 4 saturated heterocycles. The van der Waals surface area contributed by atoms with Crippen molar-refractivity contribution in [2.24, 2.45) is 5.41 Å². The lowest BCUT2D eigenvalue weighted by molar-refractivity contribution is -0.120. The van der Waals surface area contributed by atoms with E-state index in [4.69, 9.17) is 11.6 Å². The van der Waals surface area contributed by atoms with E-state index in [1.54, 1.807) is 17.0 Å². The Balaban J connectivity index is 0.791. The molecule has 4 amide bonds. The Morgan fingerprint density at radius 3 is 2.18 bits per heavy atom. The number of hydrogen-bond donors (Lipinski definition) is 3. The van der Waals surface area contributed by atoms with Crippen LogP contribution in [0.3, 0.4) is 0 Å². The van der Waals surface area contributed by atoms with Crippen LogP contribution in [0.1, 0.15) is 80.3 Å². The standard InChI is InChI=1S/C60H68ClF3N8O7S3/c1-59(2)26-23-53(42-11-15-45(61)16-12-42)44(35-59)37-68-29-31-70(32-30-68)47-17-13-43(14-18-47)57(74)67-82(78,79)52-21-22-54(55(34-52)81(76,77)60(62,63)64)65-46(40-80-51-9-4-3-5-10-51)24-27-71-49-19-20-50(71)39-69(38-49)36-41-7-6-8-48(33-41)72-28-25-56(73)66-58(72)75/h3-18,21-22,33-34,46,49-50,65H,19-20,23-32,35-40H2,1-2H3,(H,67,74)(H,66,73,75)/t46-,49?,50?/m1/s1. The fraction of sp³-hybridized carbons (Fsp3) is 0.417. The summed E-state index contributed by atoms with van der Waals surface area (Å²) in [5.74, 6) is -1.01. The number of imide groups is 1. The molecule has 0 aromatic heterocycles. The van der Waals surface area contributed by atoms with Gasteiger partial charge in [0.1, 0.15) is 4.90 Å². The first-order valence-corrected chi connectivity index (χ1v) is 32.1. The van der Waals surface area contributed by atoms with Crippen molar-refractivity contribution in [3.63, 3.8) is 0 Å². The number of likely N-dealkylation sites (tertiary alicyclic amines) is 1. The van der Waals surface area contributed by atoms with Crippen molar-refractivity contribution in [2.75, 3.05) is 79.8 Å². The van der Waals surface area contributed by atoms with Gasteiger partial charge in [0.05, 0.1) is 10.6 Å². The van der Waals surface area contributed by atoms with Crippen molar-refractivity contribution in [2.45, 2.75) is 104 Å². The molecule has 2 unspecified atom stereocenters. The lowest BCUT2D eigenvalue weighted by Crippen LogP contribution is -2.54. The molecule has 0 radical (unpaired) electrons. The van der Waals surface area contributed by atoms with Crippen LogP contribution in [-0.2, 0) is 31.2 Å². The number of sulfonamides is 1. The number of urea groups is 1. The number of anilines is 3. The summed E-state index contributed by atoms with van der Waals surface area (Å²) in [4.78, 5) is 47.7. The highest BCUT2D eigenvalue weighted by Gasteiger charge is 2.49. The third-order valence-corrected chi connectivity index (χ3v) is 20.7. The maximum atomic E-state index is 14.6. The highest BCUT2D eigenvalue weighted by molar-refractivity contribution is 7.99. The van der Waals surface area contributed by atoms with Gasteiger partial charge >= 0.3 is 11.5 Å². The first-order valence-electron chi connectivity index (χ1n) is 27.8. The molecule has 2 bridgehead atoms. The van der Waals surface area contributed by atoms with Gasteiger partial charge in [-0.05, 0) is 140 Å². The van der Waals surface area contributed by atoms with Crippen LogP contribution in [0.25, 0.3) is 5.57 Å². The molecule has 3 N–H and O–H groups in total. The van der Waals surface area contributed by atoms with Crippen molar-refractivity contribution in [1.82, 2.24) is 24.7 Å². The summed E-state index contributed by atoms with van der Waals surface area (Å²) < 4.78 is 100. The predicted molar refractivity (Wildman–Crippen MR) is 315 cm³/mol. The number of halogens is 4. The number of allylic oxidation sites excluding steroid dienone is 1. The van der Waals surface area contributed by atoms with E-state index in [0.29, 0.717) is 48.6 Å². The van der Waals surface area contributed by atoms with E-state index in [1.807, 2.05) is 71.5 Å². The van der Waals surface area contributed by atoms with Crippen molar-refractivity contribution in [3.05, 3.63) is 149 Å². The van der Waals surface area contributed by atoms with Gasteiger partial charge < -0.3 is 10.2 Å². The number of nitrogens with one attached hydrogen (secondary N) is 3. The number of sulfone groups is 1. The zero-order valence-corrected chi connectivity index (χ0v) is 49.0. The molecule has 10 rings (SSSR count). The summed E-state index contributed by atoms with van der Waals surface area (Å²) in [6.07, 6.45) is 5.64. The number of thioether (sulfide) groups is 1. The van der Waals surface area contributed by atoms with Gasteiger partial charge in [-0.15, -0.1) is 11.8 Å². The number of nitrogens with zero attached hydrogens (tertiary/aromatic N) is 5. The lowest BCUT2D eigenvalue weighted by atomic mass is 9.73. The molecule has 0 saturated carbocycles. The SMILES string of the molecule is CC1(C)CCC(c2ccc(Cl)cc2)=C(CN2CCN(c3ccc(C(=O)NS(=O)(=O)c4ccc(N[C@H](CCN5C6CCC5CN(Cc5cccc(N7CCC(=O)NC7=O)c5)C6)CSc5ccccc5)c(S(=O)(=O)C(F)(F)F)c4)cc3)CC2)C1. The van der Waals surface area contributed by atoms with Crippen molar-refractivity contribution >= 4 is 83.7 Å². The summed E-state index contributed by atoms with van der Waals surface area (Å²) in [6, 6.07) is 33.4. The van der Waals surface area contributed by atoms with Crippen LogP contribution in [0.4, 0.5) is 35.0 Å². The minimum atomic E-state index is -6.13. The first-order chi connectivity index (χ1) is 39.1. The van der Waals surface area contributed by atoms with Gasteiger partial charge in [-0.1, -0.05) is 73.5 Å². The fourth-order valence-electron chi connectivity index (χ4n) is 12.1. The van der Waals surface area contributed by atoms with Gasteiger partial charge in [0.15, 0.2) is 0 Å². The van der Waals surface area contributed by atoms with E-state index in [1.165, 1.54) is 40.6 Å². The topological polar surface area (TPSA) is 172 Å². The van der Waals surface area contributed by atoms with Crippen LogP contribution in [0.5, 0.6) is 0 Å². The molecule has 4 heterocycles.